The van der Waals surface area contributed by atoms with Gasteiger partial charge in [-0.05, 0) is 145 Å². The number of amides is 6. The number of rotatable bonds is 33. The number of carbonyl (C=O) groups excluding carboxylic acids is 6. The molecule has 6 amide bonds. The number of nitrogens with zero attached hydrogens (tertiary/aromatic N) is 5. The van der Waals surface area contributed by atoms with Gasteiger partial charge in [-0.2, -0.15) is 4.98 Å². The van der Waals surface area contributed by atoms with Crippen LogP contribution in [0.25, 0.3) is 22.6 Å². The third-order valence-corrected chi connectivity index (χ3v) is 29.0. The number of hydrazine groups is 2. The number of ether oxygens (including phenoxy) is 7. The summed E-state index contributed by atoms with van der Waals surface area (Å²) >= 11 is 0. The molecule has 6 saturated heterocycles. The van der Waals surface area contributed by atoms with Gasteiger partial charge in [0.25, 0.3) is 11.5 Å². The molecule has 0 radical (unpaired) electrons. The van der Waals surface area contributed by atoms with E-state index in [9.17, 15) is 38.7 Å². The van der Waals surface area contributed by atoms with Crippen molar-refractivity contribution >= 4 is 96.9 Å². The number of aliphatic hydroxyl groups excluding tert-OH is 1. The fraction of sp³-hybridized carbons (Fsp3) is 0.640. The largest absolute Gasteiger partial charge is 0.381 e. The smallest absolute Gasteiger partial charge is 0.280 e. The predicted molar refractivity (Wildman–Crippen MR) is 466 cm³/mol. The van der Waals surface area contributed by atoms with Gasteiger partial charge >= 0.3 is 0 Å². The quantitative estimate of drug-likeness (QED) is 0.0137. The van der Waals surface area contributed by atoms with Gasteiger partial charge in [-0.15, -0.1) is 5.53 Å². The average molecular weight is 1710 g/mol. The summed E-state index contributed by atoms with van der Waals surface area (Å²) in [7, 11) is 6.82. The zero-order chi connectivity index (χ0) is 86.3. The van der Waals surface area contributed by atoms with Crippen molar-refractivity contribution in [2.45, 2.75) is 269 Å². The van der Waals surface area contributed by atoms with Crippen molar-refractivity contribution in [3.63, 3.8) is 0 Å². The second-order valence-corrected chi connectivity index (χ2v) is 38.6. The Morgan fingerprint density at radius 2 is 1.48 bits per heavy atom. The monoisotopic (exact) mass is 1710 g/mol. The number of carbonyl (C=O) groups is 6. The SMILES string of the molecule is CCC1(C2O[C@H](O)C(C)CC2C)CC(C)C([C@]2(C)CCC([C@@]3(C)CC(C)[C@@]4(O[C@](C)(CC5CCC(C)C(C(C)C(=O)NCCSSCCNC(=O)C(CCCNC(=O)CCC(=O)N6Cc7ccccc7C7=C(c8ccccc86)N(C)NN7)NC(=O)CCCNC(=O)c6ccc(NCc7cnc8nc(N)[nH]c(=O)c8n7)cc6)O5)CC(OC)C4C)O3)O2)O1. The third kappa shape index (κ3) is 20.5. The highest BCUT2D eigenvalue weighted by molar-refractivity contribution is 8.76. The molecule has 2 aromatic heterocycles. The minimum atomic E-state index is -0.957. The highest BCUT2D eigenvalue weighted by atomic mass is 33.1. The topological polar surface area (TPSA) is 388 Å². The summed E-state index contributed by atoms with van der Waals surface area (Å²) in [5.74, 6) is -1.41. The number of H-pyrrole nitrogens is 1. The van der Waals surface area contributed by atoms with Crippen LogP contribution in [0.2, 0.25) is 0 Å². The van der Waals surface area contributed by atoms with Gasteiger partial charge in [0.05, 0.1) is 107 Å². The van der Waals surface area contributed by atoms with Gasteiger partial charge in [0.1, 0.15) is 6.04 Å². The summed E-state index contributed by atoms with van der Waals surface area (Å²) in [6.07, 6.45) is 8.10. The Kier molecular flexibility index (Phi) is 29.3. The van der Waals surface area contributed by atoms with Crippen molar-refractivity contribution in [3.8, 4) is 0 Å². The first-order valence-corrected chi connectivity index (χ1v) is 46.1. The Bertz CT molecular complexity index is 4610. The lowest BCUT2D eigenvalue weighted by Crippen LogP contribution is -2.62. The number of nitrogens with two attached hydrogens (primary N) is 1. The maximum absolute atomic E-state index is 14.2. The molecule has 0 bridgehead atoms. The lowest BCUT2D eigenvalue weighted by molar-refractivity contribution is -0.375. The molecule has 6 fully saturated rings. The summed E-state index contributed by atoms with van der Waals surface area (Å²) in [4.78, 5) is 112. The molecule has 12 N–H and O–H groups in total. The van der Waals surface area contributed by atoms with E-state index in [0.717, 1.165) is 85.1 Å². The maximum atomic E-state index is 14.2. The van der Waals surface area contributed by atoms with Crippen LogP contribution in [0.15, 0.2) is 83.8 Å². The molecule has 1 spiro atoms. The molecular weight excluding hydrogens is 1580 g/mol. The Balaban J connectivity index is 0.556. The second-order valence-electron chi connectivity index (χ2n) is 35.9. The average Bonchev–Trinajstić information content (AvgIpc) is 1.56. The Morgan fingerprint density at radius 1 is 0.752 bits per heavy atom. The Hall–Kier alpha value is -8.02. The van der Waals surface area contributed by atoms with E-state index in [-0.39, 0.29) is 176 Å². The number of methoxy groups -OCH3 is 1. The summed E-state index contributed by atoms with van der Waals surface area (Å²) in [6, 6.07) is 21.5. The molecule has 121 heavy (non-hydrogen) atoms. The normalized spacial score (nSPS) is 31.2. The molecular formula is C89H127N15O15S2. The minimum absolute atomic E-state index is 0.0118. The van der Waals surface area contributed by atoms with Gasteiger partial charge in [0.15, 0.2) is 23.2 Å². The lowest BCUT2D eigenvalue weighted by Gasteiger charge is -2.54. The van der Waals surface area contributed by atoms with E-state index in [1.165, 1.54) is 6.20 Å². The molecule has 3 aromatic carbocycles. The van der Waals surface area contributed by atoms with E-state index in [2.05, 4.69) is 125 Å². The standard InChI is InChI=1S/C89H127N15O15S2/c1-14-88(77-52(3)43-53(4)83(112)115-77)44-54(5)76(117-88)86(10)36-35-68(116-86)87(11)45-55(6)89(119-87)57(8)67(113-13)47-85(9,118-89)46-62-32-27-51(2)75(114-62)56(7)79(108)93-39-41-120-121-42-40-94-81(110)65(98-70(106)26-20-38-92-80(109)58-28-30-60(31-29-58)95-48-61-49-96-78-73(97-61)82(111)100-84(90)99-78)24-19-37-91-69(105)33-34-71(107)104-50-59-21-15-16-22-63(59)72-74(103(12)102-101-72)64-23-17-18-25-66(64)104/h15-18,21-23,25,28-31,49,51-57,62,65,67-68,75-77,83,95,101-102,112H,14,19-20,24,26-27,32-48,50H2,1-13H3,(H,91,105)(H,92,109)(H,93,108)(H,94,110)(H,98,106)(H3,90,96,99,100,111)/t51?,52?,53?,54?,55?,56?,57?,62?,65?,67?,68?,75?,76?,77?,83-,85+,86-,87+,88?,89+/m0/s1. The minimum Gasteiger partial charge on any atom is -0.381 e. The molecule has 8 aliphatic rings. The van der Waals surface area contributed by atoms with Crippen LogP contribution in [-0.2, 0) is 70.2 Å². The molecule has 10 heterocycles. The maximum Gasteiger partial charge on any atom is 0.280 e. The summed E-state index contributed by atoms with van der Waals surface area (Å²) in [5, 5.41) is 30.8. The van der Waals surface area contributed by atoms with Gasteiger partial charge in [0, 0.05) is 124 Å². The van der Waals surface area contributed by atoms with E-state index in [4.69, 9.17) is 38.9 Å². The number of nitrogen functional groups attached to an aromatic ring is 1. The number of aromatic nitrogens is 4. The van der Waals surface area contributed by atoms with Crippen LogP contribution in [0.1, 0.15) is 212 Å². The molecule has 5 aromatic rings. The van der Waals surface area contributed by atoms with Gasteiger partial charge in [-0.1, -0.05) is 119 Å². The molecule has 660 valence electrons. The number of para-hydroxylation sites is 1. The van der Waals surface area contributed by atoms with E-state index in [0.29, 0.717) is 67.3 Å². The molecule has 32 heteroatoms. The van der Waals surface area contributed by atoms with Gasteiger partial charge in [0.2, 0.25) is 35.5 Å². The van der Waals surface area contributed by atoms with Crippen molar-refractivity contribution in [1.29, 1.82) is 0 Å². The number of nitrogens with one attached hydrogen (secondary N) is 9. The van der Waals surface area contributed by atoms with Crippen molar-refractivity contribution in [3.05, 3.63) is 117 Å². The number of benzene rings is 3. The third-order valence-electron chi connectivity index (χ3n) is 26.6. The number of aliphatic hydroxyl groups is 1. The summed E-state index contributed by atoms with van der Waals surface area (Å²) in [5.41, 5.74) is 16.3. The first kappa shape index (κ1) is 90.7. The number of hydrogen-bond acceptors (Lipinski definition) is 25. The summed E-state index contributed by atoms with van der Waals surface area (Å²) < 4.78 is 49.4. The zero-order valence-electron chi connectivity index (χ0n) is 72.4. The number of fused-ring (bicyclic) bond motifs is 5. The Labute approximate surface area is 718 Å². The fourth-order valence-electron chi connectivity index (χ4n) is 20.2. The van der Waals surface area contributed by atoms with Crippen molar-refractivity contribution in [2.24, 2.45) is 41.4 Å². The molecule has 30 nitrogen and oxygen atoms in total. The van der Waals surface area contributed by atoms with Crippen LogP contribution in [-0.4, -0.2) is 194 Å². The molecule has 0 aliphatic carbocycles. The van der Waals surface area contributed by atoms with E-state index in [1.54, 1.807) is 57.9 Å². The molecule has 13 rings (SSSR count). The van der Waals surface area contributed by atoms with E-state index in [1.807, 2.05) is 74.4 Å². The number of aromatic amines is 1. The molecule has 15 unspecified atom stereocenters. The molecule has 8 aliphatic heterocycles. The van der Waals surface area contributed by atoms with Crippen LogP contribution < -0.4 is 59.1 Å². The van der Waals surface area contributed by atoms with Crippen molar-refractivity contribution < 1.29 is 67.0 Å². The highest BCUT2D eigenvalue weighted by Crippen LogP contribution is 2.60. The summed E-state index contributed by atoms with van der Waals surface area (Å²) in [6.45, 7) is 25.5. The van der Waals surface area contributed by atoms with Crippen LogP contribution in [0.5, 0.6) is 0 Å². The van der Waals surface area contributed by atoms with E-state index >= 15 is 0 Å². The van der Waals surface area contributed by atoms with Crippen LogP contribution in [0, 0.1) is 41.4 Å². The second kappa shape index (κ2) is 39.0. The zero-order valence-corrected chi connectivity index (χ0v) is 74.1. The molecule has 20 atom stereocenters. The van der Waals surface area contributed by atoms with Crippen LogP contribution >= 0.6 is 21.6 Å². The number of anilines is 3. The highest BCUT2D eigenvalue weighted by Gasteiger charge is 2.67. The first-order chi connectivity index (χ1) is 57.8. The fourth-order valence-corrected chi connectivity index (χ4v) is 22.1. The van der Waals surface area contributed by atoms with Gasteiger partial charge in [-0.25, -0.2) is 9.97 Å². The van der Waals surface area contributed by atoms with Crippen molar-refractivity contribution in [1.82, 2.24) is 62.5 Å². The van der Waals surface area contributed by atoms with Gasteiger partial charge < -0.3 is 86.2 Å². The van der Waals surface area contributed by atoms with Crippen molar-refractivity contribution in [2.75, 3.05) is 67.8 Å². The molecule has 0 saturated carbocycles. The Morgan fingerprint density at radius 3 is 2.23 bits per heavy atom. The van der Waals surface area contributed by atoms with Crippen LogP contribution in [0.4, 0.5) is 17.3 Å². The lowest BCUT2D eigenvalue weighted by atomic mass is 9.74. The van der Waals surface area contributed by atoms with Gasteiger partial charge in [-0.3, -0.25) is 43.6 Å². The first-order valence-electron chi connectivity index (χ1n) is 43.6. The van der Waals surface area contributed by atoms with E-state index < -0.39 is 52.0 Å². The number of hydrogen-bond donors (Lipinski definition) is 11. The predicted octanol–water partition coefficient (Wildman–Crippen LogP) is 9.96. The van der Waals surface area contributed by atoms with Crippen LogP contribution in [0.3, 0.4) is 0 Å².